The molecule has 0 aliphatic rings. The summed E-state index contributed by atoms with van der Waals surface area (Å²) in [6, 6.07) is 12.0. The Morgan fingerprint density at radius 3 is 2.38 bits per heavy atom. The summed E-state index contributed by atoms with van der Waals surface area (Å²) in [5, 5.41) is 0.642. The highest BCUT2D eigenvalue weighted by Gasteiger charge is 2.20. The fraction of sp³-hybridized carbons (Fsp3) is 0.227. The first-order valence-electron chi connectivity index (χ1n) is 8.95. The second-order valence-corrected chi connectivity index (χ2v) is 7.41. The number of ether oxygens (including phenoxy) is 2. The van der Waals surface area contributed by atoms with Crippen LogP contribution < -0.4 is 5.56 Å². The third-order valence-corrected chi connectivity index (χ3v) is 3.97. The van der Waals surface area contributed by atoms with Crippen molar-refractivity contribution < 1.29 is 23.5 Å². The summed E-state index contributed by atoms with van der Waals surface area (Å²) in [6.07, 6.45) is 1.29. The zero-order valence-corrected chi connectivity index (χ0v) is 16.3. The summed E-state index contributed by atoms with van der Waals surface area (Å²) < 4.78 is 25.0. The fourth-order valence-corrected chi connectivity index (χ4v) is 2.85. The lowest BCUT2D eigenvalue weighted by atomic mass is 10.1. The molecule has 0 N–H and O–H groups in total. The molecule has 3 aromatic rings. The van der Waals surface area contributed by atoms with E-state index in [9.17, 15) is 18.8 Å². The van der Waals surface area contributed by atoms with Crippen LogP contribution in [0.25, 0.3) is 16.5 Å². The molecule has 0 aliphatic heterocycles. The summed E-state index contributed by atoms with van der Waals surface area (Å²) in [5.41, 5.74) is -0.772. The smallest absolute Gasteiger partial charge is 0.344 e. The number of hydrogen-bond donors (Lipinski definition) is 0. The minimum absolute atomic E-state index is 0.0769. The number of nitrogens with zero attached hydrogens (tertiary/aromatic N) is 1. The molecule has 150 valence electrons. The average Bonchev–Trinajstić information content (AvgIpc) is 2.65. The third-order valence-electron chi connectivity index (χ3n) is 3.97. The van der Waals surface area contributed by atoms with E-state index >= 15 is 0 Å². The fourth-order valence-electron chi connectivity index (χ4n) is 2.85. The van der Waals surface area contributed by atoms with Gasteiger partial charge in [-0.3, -0.25) is 9.36 Å². The Morgan fingerprint density at radius 2 is 1.72 bits per heavy atom. The van der Waals surface area contributed by atoms with E-state index in [4.69, 9.17) is 9.47 Å². The molecule has 0 fully saturated rings. The normalized spacial score (nSPS) is 11.3. The van der Waals surface area contributed by atoms with Crippen LogP contribution in [0.2, 0.25) is 0 Å². The van der Waals surface area contributed by atoms with E-state index in [0.717, 1.165) is 0 Å². The molecule has 0 amide bonds. The van der Waals surface area contributed by atoms with E-state index in [2.05, 4.69) is 0 Å². The van der Waals surface area contributed by atoms with E-state index in [1.807, 2.05) is 0 Å². The largest absolute Gasteiger partial charge is 0.457 e. The molecular formula is C22H20FNO5. The minimum Gasteiger partial charge on any atom is -0.457 e. The highest BCUT2D eigenvalue weighted by atomic mass is 19.1. The Bertz CT molecular complexity index is 1140. The molecule has 3 rings (SSSR count). The lowest BCUT2D eigenvalue weighted by Gasteiger charge is -2.19. The van der Waals surface area contributed by atoms with Crippen molar-refractivity contribution >= 4 is 22.7 Å². The number of esters is 2. The zero-order valence-electron chi connectivity index (χ0n) is 16.3. The van der Waals surface area contributed by atoms with Crippen LogP contribution in [0.5, 0.6) is 0 Å². The predicted molar refractivity (Wildman–Crippen MR) is 106 cm³/mol. The first-order valence-corrected chi connectivity index (χ1v) is 8.95. The molecule has 29 heavy (non-hydrogen) atoms. The Kier molecular flexibility index (Phi) is 5.50. The number of carbonyl (C=O) groups excluding carboxylic acids is 2. The van der Waals surface area contributed by atoms with Gasteiger partial charge in [0.15, 0.2) is 6.61 Å². The summed E-state index contributed by atoms with van der Waals surface area (Å²) >= 11 is 0. The van der Waals surface area contributed by atoms with E-state index < -0.39 is 35.5 Å². The lowest BCUT2D eigenvalue weighted by Crippen LogP contribution is -2.28. The van der Waals surface area contributed by atoms with E-state index in [-0.39, 0.29) is 16.6 Å². The van der Waals surface area contributed by atoms with Crippen molar-refractivity contribution in [1.29, 1.82) is 0 Å². The van der Waals surface area contributed by atoms with Gasteiger partial charge in [0.05, 0.1) is 11.3 Å². The maximum atomic E-state index is 13.6. The van der Waals surface area contributed by atoms with Crippen LogP contribution in [0.15, 0.2) is 59.5 Å². The summed E-state index contributed by atoms with van der Waals surface area (Å²) in [4.78, 5) is 37.4. The Morgan fingerprint density at radius 1 is 1.03 bits per heavy atom. The van der Waals surface area contributed by atoms with Gasteiger partial charge in [-0.15, -0.1) is 0 Å². The second-order valence-electron chi connectivity index (χ2n) is 7.41. The molecule has 2 aromatic carbocycles. The molecule has 6 nitrogen and oxygen atoms in total. The van der Waals surface area contributed by atoms with Gasteiger partial charge in [0.1, 0.15) is 11.4 Å². The van der Waals surface area contributed by atoms with Crippen LogP contribution in [0.4, 0.5) is 4.39 Å². The number of rotatable bonds is 4. The first kappa shape index (κ1) is 20.3. The molecular weight excluding hydrogens is 377 g/mol. The molecule has 1 aromatic heterocycles. The van der Waals surface area contributed by atoms with Crippen molar-refractivity contribution in [2.75, 3.05) is 6.61 Å². The van der Waals surface area contributed by atoms with Crippen molar-refractivity contribution in [1.82, 2.24) is 4.57 Å². The quantitative estimate of drug-likeness (QED) is 0.629. The second kappa shape index (κ2) is 7.87. The van der Waals surface area contributed by atoms with Crippen molar-refractivity contribution in [3.05, 3.63) is 76.5 Å². The van der Waals surface area contributed by atoms with Gasteiger partial charge in [-0.2, -0.15) is 0 Å². The Labute approximate surface area is 166 Å². The standard InChI is InChI=1S/C22H20FNO5/c1-22(2,3)29-19(25)13-28-21(27)18-12-24(15-8-6-7-14(23)11-15)20(26)17-10-5-4-9-16(17)18/h4-12H,13H2,1-3H3. The zero-order chi connectivity index (χ0) is 21.2. The van der Waals surface area contributed by atoms with E-state index in [1.54, 1.807) is 51.1 Å². The third kappa shape index (κ3) is 4.68. The highest BCUT2D eigenvalue weighted by Crippen LogP contribution is 2.19. The number of aromatic nitrogens is 1. The highest BCUT2D eigenvalue weighted by molar-refractivity contribution is 6.04. The molecule has 0 spiro atoms. The molecule has 0 saturated carbocycles. The maximum Gasteiger partial charge on any atom is 0.344 e. The van der Waals surface area contributed by atoms with E-state index in [0.29, 0.717) is 5.39 Å². The summed E-state index contributed by atoms with van der Waals surface area (Å²) in [6.45, 7) is 4.54. The van der Waals surface area contributed by atoms with Crippen LogP contribution in [0.3, 0.4) is 0 Å². The average molecular weight is 397 g/mol. The van der Waals surface area contributed by atoms with Gasteiger partial charge < -0.3 is 9.47 Å². The topological polar surface area (TPSA) is 74.6 Å². The molecule has 0 unspecified atom stereocenters. The van der Waals surface area contributed by atoms with Gasteiger partial charge in [0, 0.05) is 17.0 Å². The van der Waals surface area contributed by atoms with Crippen molar-refractivity contribution in [2.45, 2.75) is 26.4 Å². The number of hydrogen-bond acceptors (Lipinski definition) is 5. The van der Waals surface area contributed by atoms with Crippen molar-refractivity contribution in [3.63, 3.8) is 0 Å². The molecule has 0 radical (unpaired) electrons. The first-order chi connectivity index (χ1) is 13.7. The lowest BCUT2D eigenvalue weighted by molar-refractivity contribution is -0.158. The molecule has 0 aliphatic carbocycles. The molecule has 0 atom stereocenters. The van der Waals surface area contributed by atoms with Crippen LogP contribution in [0, 0.1) is 5.82 Å². The predicted octanol–water partition coefficient (Wildman–Crippen LogP) is 3.63. The van der Waals surface area contributed by atoms with Crippen molar-refractivity contribution in [3.8, 4) is 5.69 Å². The van der Waals surface area contributed by atoms with Gasteiger partial charge >= 0.3 is 11.9 Å². The van der Waals surface area contributed by atoms with Crippen LogP contribution in [-0.2, 0) is 14.3 Å². The molecule has 0 saturated heterocycles. The minimum atomic E-state index is -0.794. The molecule has 0 bridgehead atoms. The number of halogens is 1. The van der Waals surface area contributed by atoms with Crippen LogP contribution >= 0.6 is 0 Å². The molecule has 7 heteroatoms. The van der Waals surface area contributed by atoms with Gasteiger partial charge in [0.25, 0.3) is 5.56 Å². The van der Waals surface area contributed by atoms with Crippen molar-refractivity contribution in [2.24, 2.45) is 0 Å². The Hall–Kier alpha value is -3.48. The number of fused-ring (bicyclic) bond motifs is 1. The SMILES string of the molecule is CC(C)(C)OC(=O)COC(=O)c1cn(-c2cccc(F)c2)c(=O)c2ccccc12. The van der Waals surface area contributed by atoms with Gasteiger partial charge in [-0.05, 0) is 45.0 Å². The van der Waals surface area contributed by atoms with Crippen LogP contribution in [0.1, 0.15) is 31.1 Å². The summed E-state index contributed by atoms with van der Waals surface area (Å²) in [5.74, 6) is -2.00. The Balaban J connectivity index is 2.01. The monoisotopic (exact) mass is 397 g/mol. The van der Waals surface area contributed by atoms with Crippen LogP contribution in [-0.4, -0.2) is 28.7 Å². The van der Waals surface area contributed by atoms with E-state index in [1.165, 1.54) is 29.0 Å². The maximum absolute atomic E-state index is 13.6. The molecule has 1 heterocycles. The van der Waals surface area contributed by atoms with Gasteiger partial charge in [0.2, 0.25) is 0 Å². The number of carbonyl (C=O) groups is 2. The van der Waals surface area contributed by atoms with Gasteiger partial charge in [-0.25, -0.2) is 14.0 Å². The summed E-state index contributed by atoms with van der Waals surface area (Å²) in [7, 11) is 0. The number of pyridine rings is 1. The van der Waals surface area contributed by atoms with Gasteiger partial charge in [-0.1, -0.05) is 24.3 Å². The number of benzene rings is 2.